The molecule has 1 unspecified atom stereocenters. The summed E-state index contributed by atoms with van der Waals surface area (Å²) in [7, 11) is 0. The lowest BCUT2D eigenvalue weighted by Crippen LogP contribution is -2.39. The van der Waals surface area contributed by atoms with Crippen LogP contribution in [0.25, 0.3) is 0 Å². The molecule has 1 atom stereocenters. The lowest BCUT2D eigenvalue weighted by Gasteiger charge is -2.24. The van der Waals surface area contributed by atoms with E-state index in [1.165, 1.54) is 4.90 Å². The predicted molar refractivity (Wildman–Crippen MR) is 153 cm³/mol. The smallest absolute Gasteiger partial charge is 0.256 e. The molecule has 0 aromatic heterocycles. The number of amides is 2. The fourth-order valence-corrected chi connectivity index (χ4v) is 4.72. The maximum absolute atomic E-state index is 13.6. The first-order valence-electron chi connectivity index (χ1n) is 12.0. The van der Waals surface area contributed by atoms with Crippen LogP contribution in [0.4, 0.5) is 11.4 Å². The lowest BCUT2D eigenvalue weighted by atomic mass is 10.1. The summed E-state index contributed by atoms with van der Waals surface area (Å²) in [5.74, 6) is 0.211. The van der Waals surface area contributed by atoms with E-state index in [9.17, 15) is 9.59 Å². The van der Waals surface area contributed by atoms with Crippen molar-refractivity contribution in [2.24, 2.45) is 0 Å². The molecular formula is C28H27Cl2N3O3S. The summed E-state index contributed by atoms with van der Waals surface area (Å²) in [6.07, 6.45) is 1.51. The number of ether oxygens (including phenoxy) is 1. The van der Waals surface area contributed by atoms with Gasteiger partial charge in [0, 0.05) is 22.3 Å². The number of hydrogen-bond acceptors (Lipinski definition) is 4. The molecule has 1 aliphatic rings. The molecule has 192 valence electrons. The minimum absolute atomic E-state index is 0.0439. The van der Waals surface area contributed by atoms with Gasteiger partial charge in [-0.2, -0.15) is 0 Å². The highest BCUT2D eigenvalue weighted by Gasteiger charge is 2.43. The van der Waals surface area contributed by atoms with E-state index >= 15 is 0 Å². The second-order valence-electron chi connectivity index (χ2n) is 8.64. The molecule has 1 N–H and O–H groups in total. The van der Waals surface area contributed by atoms with Gasteiger partial charge in [-0.3, -0.25) is 14.5 Å². The summed E-state index contributed by atoms with van der Waals surface area (Å²) in [6, 6.07) is 20.9. The van der Waals surface area contributed by atoms with E-state index in [1.807, 2.05) is 48.2 Å². The molecule has 1 saturated heterocycles. The first-order chi connectivity index (χ1) is 17.9. The molecule has 1 aliphatic heterocycles. The van der Waals surface area contributed by atoms with Gasteiger partial charge in [-0.25, -0.2) is 0 Å². The Hall–Kier alpha value is -3.13. The fraction of sp³-hybridized carbons (Fsp3) is 0.250. The van der Waals surface area contributed by atoms with Crippen LogP contribution in [-0.4, -0.2) is 41.0 Å². The number of benzene rings is 3. The van der Waals surface area contributed by atoms with Gasteiger partial charge in [0.2, 0.25) is 5.91 Å². The Labute approximate surface area is 232 Å². The number of halogens is 2. The normalized spacial score (nSPS) is 15.3. The van der Waals surface area contributed by atoms with Crippen molar-refractivity contribution in [1.82, 2.24) is 4.90 Å². The number of nitrogens with zero attached hydrogens (tertiary/aromatic N) is 2. The van der Waals surface area contributed by atoms with Gasteiger partial charge in [-0.05, 0) is 91.3 Å². The van der Waals surface area contributed by atoms with Crippen molar-refractivity contribution in [3.05, 3.63) is 88.4 Å². The van der Waals surface area contributed by atoms with Gasteiger partial charge in [0.1, 0.15) is 11.8 Å². The van der Waals surface area contributed by atoms with Crippen LogP contribution in [0, 0.1) is 0 Å². The van der Waals surface area contributed by atoms with Crippen LogP contribution in [0.5, 0.6) is 5.75 Å². The van der Waals surface area contributed by atoms with Crippen LogP contribution >= 0.6 is 35.4 Å². The maximum Gasteiger partial charge on any atom is 0.256 e. The summed E-state index contributed by atoms with van der Waals surface area (Å²) in [6.45, 7) is 3.14. The standard InChI is InChI=1S/C28H27Cl2N3O3S/c1-2-17-36-24-13-9-22(10-14-24)31-26(34)18-25-27(35)33(23-11-7-21(30)8-12-23)28(37)32(25)16-15-19-3-5-20(29)6-4-19/h3-14,25H,2,15-18H2,1H3,(H,31,34). The summed E-state index contributed by atoms with van der Waals surface area (Å²) >= 11 is 17.8. The monoisotopic (exact) mass is 555 g/mol. The first kappa shape index (κ1) is 26.9. The van der Waals surface area contributed by atoms with Crippen molar-refractivity contribution < 1.29 is 14.3 Å². The molecule has 0 bridgehead atoms. The van der Waals surface area contributed by atoms with E-state index in [-0.39, 0.29) is 18.2 Å². The highest BCUT2D eigenvalue weighted by Crippen LogP contribution is 2.29. The number of thiocarbonyl (C=S) groups is 1. The number of nitrogens with one attached hydrogen (secondary N) is 1. The largest absolute Gasteiger partial charge is 0.494 e. The fourth-order valence-electron chi connectivity index (χ4n) is 4.06. The van der Waals surface area contributed by atoms with E-state index in [4.69, 9.17) is 40.2 Å². The zero-order chi connectivity index (χ0) is 26.4. The lowest BCUT2D eigenvalue weighted by molar-refractivity contribution is -0.124. The number of carbonyl (C=O) groups is 2. The van der Waals surface area contributed by atoms with Gasteiger partial charge in [-0.15, -0.1) is 0 Å². The van der Waals surface area contributed by atoms with Crippen molar-refractivity contribution in [2.75, 3.05) is 23.4 Å². The van der Waals surface area contributed by atoms with E-state index in [1.54, 1.807) is 36.4 Å². The zero-order valence-electron chi connectivity index (χ0n) is 20.3. The van der Waals surface area contributed by atoms with Crippen molar-refractivity contribution in [2.45, 2.75) is 32.2 Å². The van der Waals surface area contributed by atoms with Crippen LogP contribution in [0.1, 0.15) is 25.3 Å². The molecule has 0 saturated carbocycles. The molecule has 6 nitrogen and oxygen atoms in total. The SMILES string of the molecule is CCCOc1ccc(NC(=O)CC2C(=O)N(c3ccc(Cl)cc3)C(=S)N2CCc2ccc(Cl)cc2)cc1. The second kappa shape index (κ2) is 12.4. The Morgan fingerprint density at radius 3 is 2.22 bits per heavy atom. The number of hydrogen-bond donors (Lipinski definition) is 1. The summed E-state index contributed by atoms with van der Waals surface area (Å²) in [4.78, 5) is 29.9. The minimum atomic E-state index is -0.734. The van der Waals surface area contributed by atoms with Crippen LogP contribution < -0.4 is 15.0 Å². The molecule has 2 amide bonds. The predicted octanol–water partition coefficient (Wildman–Crippen LogP) is 6.36. The molecule has 0 spiro atoms. The van der Waals surface area contributed by atoms with Gasteiger partial charge >= 0.3 is 0 Å². The van der Waals surface area contributed by atoms with Crippen LogP contribution in [-0.2, 0) is 16.0 Å². The number of carbonyl (C=O) groups excluding carboxylic acids is 2. The summed E-state index contributed by atoms with van der Waals surface area (Å²) in [5, 5.41) is 4.46. The van der Waals surface area contributed by atoms with Crippen LogP contribution in [0.15, 0.2) is 72.8 Å². The van der Waals surface area contributed by atoms with Crippen molar-refractivity contribution >= 4 is 63.7 Å². The third-order valence-corrected chi connectivity index (χ3v) is 6.87. The van der Waals surface area contributed by atoms with Gasteiger partial charge in [0.25, 0.3) is 5.91 Å². The van der Waals surface area contributed by atoms with Gasteiger partial charge < -0.3 is 15.0 Å². The summed E-state index contributed by atoms with van der Waals surface area (Å²) < 4.78 is 5.59. The molecule has 0 aliphatic carbocycles. The van der Waals surface area contributed by atoms with Gasteiger partial charge in [-0.1, -0.05) is 42.3 Å². The Morgan fingerprint density at radius 1 is 0.973 bits per heavy atom. The summed E-state index contributed by atoms with van der Waals surface area (Å²) in [5.41, 5.74) is 2.30. The zero-order valence-corrected chi connectivity index (χ0v) is 22.7. The molecule has 4 rings (SSSR count). The molecule has 1 fully saturated rings. The number of rotatable bonds is 10. The Kier molecular flexibility index (Phi) is 9.03. The molecule has 3 aromatic carbocycles. The average molecular weight is 557 g/mol. The Morgan fingerprint density at radius 2 is 1.59 bits per heavy atom. The molecule has 9 heteroatoms. The molecule has 0 radical (unpaired) electrons. The third kappa shape index (κ3) is 6.80. The van der Waals surface area contributed by atoms with Crippen molar-refractivity contribution in [1.29, 1.82) is 0 Å². The first-order valence-corrected chi connectivity index (χ1v) is 13.2. The topological polar surface area (TPSA) is 61.9 Å². The Bertz CT molecular complexity index is 1250. The van der Waals surface area contributed by atoms with E-state index in [0.717, 1.165) is 17.7 Å². The molecule has 1 heterocycles. The van der Waals surface area contributed by atoms with Crippen molar-refractivity contribution in [3.8, 4) is 5.75 Å². The van der Waals surface area contributed by atoms with E-state index in [2.05, 4.69) is 5.32 Å². The van der Waals surface area contributed by atoms with Crippen molar-refractivity contribution in [3.63, 3.8) is 0 Å². The molecule has 37 heavy (non-hydrogen) atoms. The number of anilines is 2. The molecular weight excluding hydrogens is 529 g/mol. The van der Waals surface area contributed by atoms with E-state index in [0.29, 0.717) is 46.1 Å². The highest BCUT2D eigenvalue weighted by molar-refractivity contribution is 7.80. The third-order valence-electron chi connectivity index (χ3n) is 5.95. The van der Waals surface area contributed by atoms with Gasteiger partial charge in [0.05, 0.1) is 18.7 Å². The van der Waals surface area contributed by atoms with Gasteiger partial charge in [0.15, 0.2) is 5.11 Å². The second-order valence-corrected chi connectivity index (χ2v) is 9.88. The van der Waals surface area contributed by atoms with Crippen LogP contribution in [0.2, 0.25) is 10.0 Å². The molecule has 3 aromatic rings. The van der Waals surface area contributed by atoms with Crippen LogP contribution in [0.3, 0.4) is 0 Å². The minimum Gasteiger partial charge on any atom is -0.494 e. The van der Waals surface area contributed by atoms with E-state index < -0.39 is 6.04 Å². The Balaban J connectivity index is 1.50. The maximum atomic E-state index is 13.6. The average Bonchev–Trinajstić information content (AvgIpc) is 3.12. The quantitative estimate of drug-likeness (QED) is 0.295. The highest BCUT2D eigenvalue weighted by atomic mass is 35.5.